The Kier molecular flexibility index (Phi) is 4.47. The summed E-state index contributed by atoms with van der Waals surface area (Å²) in [5, 5.41) is 11.1. The van der Waals surface area contributed by atoms with E-state index in [9.17, 15) is 18.3 Å². The van der Waals surface area contributed by atoms with E-state index in [0.717, 1.165) is 17.2 Å². The van der Waals surface area contributed by atoms with Crippen LogP contribution in [0.4, 0.5) is 5.69 Å². The second-order valence-corrected chi connectivity index (χ2v) is 7.26. The topological polar surface area (TPSA) is 86.3 Å². The number of carboxylic acid groups (broad SMARTS) is 1. The van der Waals surface area contributed by atoms with E-state index in [1.807, 2.05) is 19.9 Å². The summed E-state index contributed by atoms with van der Waals surface area (Å²) in [6, 6.07) is 7.76. The molecule has 2 aromatic rings. The number of anilines is 1. The average molecular weight is 332 g/mol. The molecule has 0 aliphatic carbocycles. The summed E-state index contributed by atoms with van der Waals surface area (Å²) in [4.78, 5) is 11.0. The highest BCUT2D eigenvalue weighted by Gasteiger charge is 2.19. The van der Waals surface area contributed by atoms with Crippen molar-refractivity contribution in [2.45, 2.75) is 32.6 Å². The Morgan fingerprint density at radius 2 is 1.61 bits per heavy atom. The summed E-state index contributed by atoms with van der Waals surface area (Å²) in [5.41, 5.74) is 3.37. The van der Waals surface area contributed by atoms with Gasteiger partial charge in [0.2, 0.25) is 0 Å². The van der Waals surface area contributed by atoms with E-state index in [2.05, 4.69) is 4.72 Å². The van der Waals surface area contributed by atoms with E-state index in [-0.39, 0.29) is 10.5 Å². The first-order chi connectivity index (χ1) is 10.6. The molecule has 5 nitrogen and oxygen atoms in total. The number of carbonyl (C=O) groups excluding carboxylic acids is 1. The maximum atomic E-state index is 12.6. The molecule has 122 valence electrons. The summed E-state index contributed by atoms with van der Waals surface area (Å²) in [5.74, 6) is -1.41. The Morgan fingerprint density at radius 3 is 2.17 bits per heavy atom. The van der Waals surface area contributed by atoms with Crippen LogP contribution in [0.25, 0.3) is 0 Å². The Bertz CT molecular complexity index is 886. The quantitative estimate of drug-likeness (QED) is 0.929. The molecule has 0 atom stereocenters. The first-order valence-corrected chi connectivity index (χ1v) is 8.53. The molecule has 0 saturated heterocycles. The number of benzene rings is 2. The monoisotopic (exact) mass is 332 g/mol. The molecule has 2 aromatic carbocycles. The maximum absolute atomic E-state index is 12.6. The lowest BCUT2D eigenvalue weighted by molar-refractivity contribution is -0.255. The number of carbonyl (C=O) groups is 1. The minimum absolute atomic E-state index is 0.0603. The smallest absolute Gasteiger partial charge is 0.262 e. The van der Waals surface area contributed by atoms with E-state index >= 15 is 0 Å². The van der Waals surface area contributed by atoms with Crippen LogP contribution in [0, 0.1) is 27.7 Å². The van der Waals surface area contributed by atoms with Crippen LogP contribution in [0.2, 0.25) is 0 Å². The van der Waals surface area contributed by atoms with Gasteiger partial charge in [-0.1, -0.05) is 6.07 Å². The van der Waals surface area contributed by atoms with Crippen molar-refractivity contribution < 1.29 is 18.3 Å². The van der Waals surface area contributed by atoms with E-state index in [1.54, 1.807) is 26.0 Å². The van der Waals surface area contributed by atoms with Crippen LogP contribution >= 0.6 is 0 Å². The van der Waals surface area contributed by atoms with Crippen molar-refractivity contribution >= 4 is 21.7 Å². The Balaban J connectivity index is 2.51. The second kappa shape index (κ2) is 6.04. The maximum Gasteiger partial charge on any atom is 0.262 e. The van der Waals surface area contributed by atoms with Gasteiger partial charge in [0.05, 0.1) is 10.9 Å². The van der Waals surface area contributed by atoms with Crippen molar-refractivity contribution in [2.75, 3.05) is 4.72 Å². The van der Waals surface area contributed by atoms with Crippen molar-refractivity contribution in [3.63, 3.8) is 0 Å². The molecule has 0 fully saturated rings. The van der Waals surface area contributed by atoms with Gasteiger partial charge in [0.15, 0.2) is 0 Å². The van der Waals surface area contributed by atoms with Gasteiger partial charge in [-0.05, 0) is 79.8 Å². The highest BCUT2D eigenvalue weighted by atomic mass is 32.2. The Morgan fingerprint density at radius 1 is 0.957 bits per heavy atom. The van der Waals surface area contributed by atoms with Crippen LogP contribution in [0.3, 0.4) is 0 Å². The number of sulfonamides is 1. The molecule has 23 heavy (non-hydrogen) atoms. The van der Waals surface area contributed by atoms with E-state index < -0.39 is 16.0 Å². The number of aromatic carboxylic acids is 1. The van der Waals surface area contributed by atoms with E-state index in [0.29, 0.717) is 16.8 Å². The van der Waals surface area contributed by atoms with Gasteiger partial charge in [-0.15, -0.1) is 0 Å². The molecule has 0 unspecified atom stereocenters. The third-order valence-corrected chi connectivity index (χ3v) is 5.41. The first-order valence-electron chi connectivity index (χ1n) is 7.04. The molecular formula is C17H18NO4S-. The average Bonchev–Trinajstić information content (AvgIpc) is 2.45. The Hall–Kier alpha value is -2.34. The SMILES string of the molecule is Cc1ccc(NS(=O)(=O)c2cc(C(=O)[O-])cc(C)c2C)cc1C. The van der Waals surface area contributed by atoms with Crippen molar-refractivity contribution in [3.05, 3.63) is 58.1 Å². The largest absolute Gasteiger partial charge is 0.545 e. The molecular weight excluding hydrogens is 314 g/mol. The normalized spacial score (nSPS) is 11.3. The number of carboxylic acids is 1. The molecule has 0 amide bonds. The molecule has 0 radical (unpaired) electrons. The number of nitrogens with one attached hydrogen (secondary N) is 1. The summed E-state index contributed by atoms with van der Waals surface area (Å²) in [7, 11) is -3.89. The van der Waals surface area contributed by atoms with Crippen LogP contribution in [-0.4, -0.2) is 14.4 Å². The predicted octanol–water partition coefficient (Wildman–Crippen LogP) is 2.08. The lowest BCUT2D eigenvalue weighted by Gasteiger charge is -2.15. The Labute approximate surface area is 136 Å². The van der Waals surface area contributed by atoms with Gasteiger partial charge >= 0.3 is 0 Å². The lowest BCUT2D eigenvalue weighted by atomic mass is 10.1. The van der Waals surface area contributed by atoms with Crippen LogP contribution in [0.1, 0.15) is 32.6 Å². The van der Waals surface area contributed by atoms with Crippen LogP contribution < -0.4 is 9.83 Å². The van der Waals surface area contributed by atoms with Crippen LogP contribution in [-0.2, 0) is 10.0 Å². The van der Waals surface area contributed by atoms with Gasteiger partial charge in [0.25, 0.3) is 10.0 Å². The van der Waals surface area contributed by atoms with Gasteiger partial charge in [0.1, 0.15) is 0 Å². The molecule has 0 spiro atoms. The number of aryl methyl sites for hydroxylation is 3. The highest BCUT2D eigenvalue weighted by molar-refractivity contribution is 7.92. The molecule has 6 heteroatoms. The first kappa shape index (κ1) is 17.0. The van der Waals surface area contributed by atoms with Crippen molar-refractivity contribution in [3.8, 4) is 0 Å². The second-order valence-electron chi connectivity index (χ2n) is 5.61. The fourth-order valence-electron chi connectivity index (χ4n) is 2.24. The fraction of sp³-hybridized carbons (Fsp3) is 0.235. The van der Waals surface area contributed by atoms with Crippen molar-refractivity contribution in [2.24, 2.45) is 0 Å². The minimum Gasteiger partial charge on any atom is -0.545 e. The summed E-state index contributed by atoms with van der Waals surface area (Å²) in [6.07, 6.45) is 0. The number of hydrogen-bond acceptors (Lipinski definition) is 4. The molecule has 0 aromatic heterocycles. The summed E-state index contributed by atoms with van der Waals surface area (Å²) >= 11 is 0. The highest BCUT2D eigenvalue weighted by Crippen LogP contribution is 2.24. The zero-order chi connectivity index (χ0) is 17.4. The standard InChI is InChI=1S/C17H19NO4S/c1-10-5-6-15(8-11(10)2)18-23(21,22)16-9-14(17(19)20)7-12(3)13(16)4/h5-9,18H,1-4H3,(H,19,20)/p-1. The van der Waals surface area contributed by atoms with E-state index in [4.69, 9.17) is 0 Å². The van der Waals surface area contributed by atoms with Gasteiger partial charge in [-0.25, -0.2) is 8.42 Å². The summed E-state index contributed by atoms with van der Waals surface area (Å²) < 4.78 is 27.7. The van der Waals surface area contributed by atoms with Crippen LogP contribution in [0.5, 0.6) is 0 Å². The van der Waals surface area contributed by atoms with Gasteiger partial charge in [-0.2, -0.15) is 0 Å². The molecule has 2 rings (SSSR count). The molecule has 1 N–H and O–H groups in total. The molecule has 0 aliphatic heterocycles. The van der Waals surface area contributed by atoms with Crippen molar-refractivity contribution in [1.29, 1.82) is 0 Å². The molecule has 0 bridgehead atoms. The van der Waals surface area contributed by atoms with Gasteiger partial charge < -0.3 is 9.90 Å². The minimum atomic E-state index is -3.89. The molecule has 0 heterocycles. The lowest BCUT2D eigenvalue weighted by Crippen LogP contribution is -2.24. The van der Waals surface area contributed by atoms with E-state index in [1.165, 1.54) is 6.07 Å². The van der Waals surface area contributed by atoms with Gasteiger partial charge in [-0.3, -0.25) is 4.72 Å². The predicted molar refractivity (Wildman–Crippen MR) is 87.0 cm³/mol. The number of rotatable bonds is 4. The third kappa shape index (κ3) is 3.53. The zero-order valence-electron chi connectivity index (χ0n) is 13.4. The molecule has 0 saturated carbocycles. The van der Waals surface area contributed by atoms with Crippen molar-refractivity contribution in [1.82, 2.24) is 0 Å². The van der Waals surface area contributed by atoms with Gasteiger partial charge in [0, 0.05) is 5.69 Å². The van der Waals surface area contributed by atoms with Crippen LogP contribution in [0.15, 0.2) is 35.2 Å². The summed E-state index contributed by atoms with van der Waals surface area (Å²) in [6.45, 7) is 7.13. The fourth-order valence-corrected chi connectivity index (χ4v) is 3.63. The zero-order valence-corrected chi connectivity index (χ0v) is 14.2. The number of hydrogen-bond donors (Lipinski definition) is 1. The third-order valence-electron chi connectivity index (χ3n) is 3.90. The molecule has 0 aliphatic rings.